The number of carbonyl (C=O) groups excluding carboxylic acids is 5. The van der Waals surface area contributed by atoms with Gasteiger partial charge in [0.1, 0.15) is 6.10 Å². The van der Waals surface area contributed by atoms with Crippen molar-refractivity contribution in [2.24, 2.45) is 27.6 Å². The number of ether oxygens (including phenoxy) is 5. The van der Waals surface area contributed by atoms with Gasteiger partial charge >= 0.3 is 6.09 Å². The van der Waals surface area contributed by atoms with Gasteiger partial charge in [-0.15, -0.1) is 0 Å². The van der Waals surface area contributed by atoms with Gasteiger partial charge in [0.15, 0.2) is 0 Å². The van der Waals surface area contributed by atoms with Gasteiger partial charge in [-0.05, 0) is 49.4 Å². The van der Waals surface area contributed by atoms with Gasteiger partial charge in [0.05, 0.1) is 46.1 Å². The summed E-state index contributed by atoms with van der Waals surface area (Å²) in [5, 5.41) is 23.5. The standard InChI is InChI=1S/C44H85N5O11/c1-41(2,3)32-43(7,8)38(53)48-28-35(29-49-39(54)44(9,10)33-42(4,5)6)60-40(55)47-21-15-23-58-25-27-59-26-24-57-22-14-20-46-37(52)18-17-36(51)45-19-13-12-16-34(30-50)31-56-11/h34-35,50H,12-33H2,1-11H3,(H,45,51)(H,46,52)(H,47,55)(H,48,53)(H,49,54). The third-order valence-electron chi connectivity index (χ3n) is 9.30. The van der Waals surface area contributed by atoms with E-state index in [0.29, 0.717) is 91.6 Å². The molecule has 0 aliphatic rings. The highest BCUT2D eigenvalue weighted by molar-refractivity contribution is 5.84. The van der Waals surface area contributed by atoms with E-state index in [0.717, 1.165) is 19.3 Å². The summed E-state index contributed by atoms with van der Waals surface area (Å²) in [6, 6.07) is 0. The van der Waals surface area contributed by atoms with Crippen molar-refractivity contribution in [2.75, 3.05) is 92.7 Å². The summed E-state index contributed by atoms with van der Waals surface area (Å²) in [5.41, 5.74) is -1.37. The smallest absolute Gasteiger partial charge is 0.407 e. The summed E-state index contributed by atoms with van der Waals surface area (Å²) >= 11 is 0. The van der Waals surface area contributed by atoms with Gasteiger partial charge in [-0.3, -0.25) is 19.2 Å². The lowest BCUT2D eigenvalue weighted by molar-refractivity contribution is -0.131. The van der Waals surface area contributed by atoms with Crippen LogP contribution >= 0.6 is 0 Å². The molecule has 0 saturated heterocycles. The lowest BCUT2D eigenvalue weighted by Gasteiger charge is -2.32. The highest BCUT2D eigenvalue weighted by atomic mass is 16.6. The Hall–Kier alpha value is -3.05. The first-order chi connectivity index (χ1) is 28.0. The van der Waals surface area contributed by atoms with Crippen LogP contribution in [0, 0.1) is 27.6 Å². The molecule has 5 amide bonds. The zero-order valence-electron chi connectivity index (χ0n) is 39.2. The van der Waals surface area contributed by atoms with Gasteiger partial charge in [-0.1, -0.05) is 75.7 Å². The van der Waals surface area contributed by atoms with Crippen molar-refractivity contribution in [1.82, 2.24) is 26.6 Å². The minimum absolute atomic E-state index is 0.0520. The van der Waals surface area contributed by atoms with E-state index < -0.39 is 23.0 Å². The molecule has 0 heterocycles. The van der Waals surface area contributed by atoms with Crippen LogP contribution in [0.2, 0.25) is 0 Å². The summed E-state index contributed by atoms with van der Waals surface area (Å²) in [6.07, 6.45) is 3.90. The van der Waals surface area contributed by atoms with E-state index in [-0.39, 0.29) is 72.9 Å². The van der Waals surface area contributed by atoms with E-state index in [4.69, 9.17) is 23.7 Å². The first-order valence-electron chi connectivity index (χ1n) is 21.9. The Kier molecular flexibility index (Phi) is 29.3. The molecule has 0 bridgehead atoms. The fraction of sp³-hybridized carbons (Fsp3) is 0.886. The molecule has 16 heteroatoms. The summed E-state index contributed by atoms with van der Waals surface area (Å²) in [4.78, 5) is 62.9. The maximum absolute atomic E-state index is 13.1. The number of alkyl carbamates (subject to hydrolysis) is 1. The SMILES string of the molecule is COCC(CO)CCCCNC(=O)CCC(=O)NCCCOCCOCCOCCCNC(=O)OC(CNC(=O)C(C)(C)CC(C)(C)C)CNC(=O)C(C)(C)CC(C)(C)C. The van der Waals surface area contributed by atoms with Crippen molar-refractivity contribution in [2.45, 2.75) is 133 Å². The van der Waals surface area contributed by atoms with Gasteiger partial charge in [0.25, 0.3) is 0 Å². The second-order valence-corrected chi connectivity index (χ2v) is 19.4. The Balaban J connectivity index is 4.21. The number of unbranched alkanes of at least 4 members (excludes halogenated alkanes) is 1. The van der Waals surface area contributed by atoms with Gasteiger partial charge in [-0.2, -0.15) is 0 Å². The third-order valence-corrected chi connectivity index (χ3v) is 9.30. The van der Waals surface area contributed by atoms with Crippen LogP contribution < -0.4 is 26.6 Å². The molecule has 0 spiro atoms. The molecule has 0 aromatic carbocycles. The zero-order valence-corrected chi connectivity index (χ0v) is 39.2. The molecular weight excluding hydrogens is 775 g/mol. The molecule has 0 aliphatic heterocycles. The monoisotopic (exact) mass is 860 g/mol. The molecule has 16 nitrogen and oxygen atoms in total. The normalized spacial score (nSPS) is 12.8. The van der Waals surface area contributed by atoms with E-state index in [2.05, 4.69) is 68.1 Å². The van der Waals surface area contributed by atoms with Crippen LogP contribution in [0.3, 0.4) is 0 Å². The molecule has 0 radical (unpaired) electrons. The van der Waals surface area contributed by atoms with E-state index in [9.17, 15) is 29.1 Å². The summed E-state index contributed by atoms with van der Waals surface area (Å²) in [7, 11) is 1.61. The number of aliphatic hydroxyl groups is 1. The van der Waals surface area contributed by atoms with Crippen molar-refractivity contribution in [3.8, 4) is 0 Å². The lowest BCUT2D eigenvalue weighted by Crippen LogP contribution is -2.49. The highest BCUT2D eigenvalue weighted by Crippen LogP contribution is 2.34. The Morgan fingerprint density at radius 2 is 0.967 bits per heavy atom. The number of carbonyl (C=O) groups is 5. The predicted molar refractivity (Wildman–Crippen MR) is 233 cm³/mol. The summed E-state index contributed by atoms with van der Waals surface area (Å²) in [6.45, 7) is 24.6. The molecule has 0 aliphatic carbocycles. The predicted octanol–water partition coefficient (Wildman–Crippen LogP) is 4.51. The second kappa shape index (κ2) is 30.9. The topological polar surface area (TPSA) is 212 Å². The molecule has 0 saturated carbocycles. The van der Waals surface area contributed by atoms with Gasteiger partial charge in [0.2, 0.25) is 23.6 Å². The van der Waals surface area contributed by atoms with Crippen LogP contribution in [0.4, 0.5) is 4.79 Å². The molecule has 352 valence electrons. The number of methoxy groups -OCH3 is 1. The number of hydrogen-bond acceptors (Lipinski definition) is 11. The minimum atomic E-state index is -0.774. The van der Waals surface area contributed by atoms with E-state index in [1.807, 2.05) is 27.7 Å². The summed E-state index contributed by atoms with van der Waals surface area (Å²) < 4.78 is 27.4. The van der Waals surface area contributed by atoms with E-state index in [1.165, 1.54) is 0 Å². The van der Waals surface area contributed by atoms with Crippen molar-refractivity contribution in [3.05, 3.63) is 0 Å². The average molecular weight is 860 g/mol. The van der Waals surface area contributed by atoms with Crippen LogP contribution in [-0.2, 0) is 42.9 Å². The molecule has 0 aromatic rings. The molecular formula is C44H85N5O11. The summed E-state index contributed by atoms with van der Waals surface area (Å²) in [5.74, 6) is -0.506. The maximum Gasteiger partial charge on any atom is 0.407 e. The largest absolute Gasteiger partial charge is 0.442 e. The van der Waals surface area contributed by atoms with Crippen LogP contribution in [0.1, 0.15) is 127 Å². The van der Waals surface area contributed by atoms with Crippen LogP contribution in [0.5, 0.6) is 0 Å². The fourth-order valence-corrected chi connectivity index (χ4v) is 7.01. The Labute approximate surface area is 361 Å². The molecule has 60 heavy (non-hydrogen) atoms. The molecule has 0 fully saturated rings. The van der Waals surface area contributed by atoms with E-state index >= 15 is 0 Å². The second-order valence-electron chi connectivity index (χ2n) is 19.4. The molecule has 0 rings (SSSR count). The van der Waals surface area contributed by atoms with Crippen LogP contribution in [0.25, 0.3) is 0 Å². The molecule has 1 atom stereocenters. The number of aliphatic hydroxyl groups excluding tert-OH is 1. The zero-order chi connectivity index (χ0) is 45.7. The van der Waals surface area contributed by atoms with Crippen molar-refractivity contribution < 1.29 is 52.8 Å². The Bertz CT molecular complexity index is 1170. The van der Waals surface area contributed by atoms with Crippen molar-refractivity contribution in [1.29, 1.82) is 0 Å². The van der Waals surface area contributed by atoms with Crippen molar-refractivity contribution >= 4 is 29.7 Å². The maximum atomic E-state index is 13.1. The van der Waals surface area contributed by atoms with E-state index in [1.54, 1.807) is 7.11 Å². The third kappa shape index (κ3) is 31.8. The number of nitrogens with one attached hydrogen (secondary N) is 5. The Morgan fingerprint density at radius 3 is 1.38 bits per heavy atom. The molecule has 0 aromatic heterocycles. The number of rotatable bonds is 34. The Morgan fingerprint density at radius 1 is 0.550 bits per heavy atom. The van der Waals surface area contributed by atoms with Gasteiger partial charge in [0, 0.05) is 76.2 Å². The van der Waals surface area contributed by atoms with Crippen molar-refractivity contribution in [3.63, 3.8) is 0 Å². The number of amides is 5. The quantitative estimate of drug-likeness (QED) is 0.0496. The fourth-order valence-electron chi connectivity index (χ4n) is 7.01. The first-order valence-corrected chi connectivity index (χ1v) is 21.9. The number of hydrogen-bond donors (Lipinski definition) is 6. The van der Waals surface area contributed by atoms with Gasteiger partial charge in [-0.25, -0.2) is 4.79 Å². The highest BCUT2D eigenvalue weighted by Gasteiger charge is 2.35. The average Bonchev–Trinajstić information content (AvgIpc) is 3.13. The molecule has 6 N–H and O–H groups in total. The first kappa shape index (κ1) is 57.0. The van der Waals surface area contributed by atoms with Crippen LogP contribution in [-0.4, -0.2) is 134 Å². The van der Waals surface area contributed by atoms with Crippen LogP contribution in [0.15, 0.2) is 0 Å². The van der Waals surface area contributed by atoms with Gasteiger partial charge < -0.3 is 55.4 Å². The minimum Gasteiger partial charge on any atom is -0.442 e. The molecule has 1 unspecified atom stereocenters. The lowest BCUT2D eigenvalue weighted by atomic mass is 9.75.